The van der Waals surface area contributed by atoms with E-state index in [2.05, 4.69) is 9.58 Å². The molecule has 0 aromatic rings. The Morgan fingerprint density at radius 3 is 0.600 bits per heavy atom. The van der Waals surface area contributed by atoms with Crippen molar-refractivity contribution in [2.24, 2.45) is 0 Å². The molecule has 10 heteroatoms. The molecule has 0 saturated heterocycles. The first-order valence-electron chi connectivity index (χ1n) is 0.126. The van der Waals surface area contributed by atoms with Crippen LogP contribution in [0.25, 0.3) is 0 Å². The first-order valence-corrected chi connectivity index (χ1v) is 3.09. The summed E-state index contributed by atoms with van der Waals surface area (Å²) in [5, 5.41) is 0. The van der Waals surface area contributed by atoms with E-state index >= 15 is 0 Å². The Morgan fingerprint density at radius 1 is 0.600 bits per heavy atom. The van der Waals surface area contributed by atoms with E-state index in [1.54, 1.807) is 0 Å². The number of rotatable bonds is 0. The van der Waals surface area contributed by atoms with Crippen LogP contribution in [-0.2, 0) is 17.9 Å². The number of hydrogen-bond acceptors (Lipinski definition) is 5. The standard InChI is InChI=1S/3ClH.Ir.5H3N.H2O/h3*1H;;5*1H3;1H2/q;;;+3;;;;;;/p-3. The average Bonchev–Trinajstić information content (AvgIpc) is 1.00. The van der Waals surface area contributed by atoms with Crippen molar-refractivity contribution < 1.29 is 48.2 Å². The van der Waals surface area contributed by atoms with Gasteiger partial charge in [0, 0.05) is 0 Å². The van der Waals surface area contributed by atoms with Crippen molar-refractivity contribution in [2.45, 2.75) is 0 Å². The van der Waals surface area contributed by atoms with E-state index in [1.165, 1.54) is 17.9 Å². The molecule has 0 aromatic carbocycles. The van der Waals surface area contributed by atoms with E-state index in [4.69, 9.17) is 0 Å². The van der Waals surface area contributed by atoms with Gasteiger partial charge in [-0.25, -0.2) is 0 Å². The Bertz CT molecular complexity index is 16.9. The summed E-state index contributed by atoms with van der Waals surface area (Å²) in [6.07, 6.45) is 0. The predicted molar refractivity (Wildman–Crippen MR) is 34.6 cm³/mol. The molecule has 0 fully saturated rings. The first-order chi connectivity index (χ1) is 1.00. The summed E-state index contributed by atoms with van der Waals surface area (Å²) in [7, 11) is 4.64. The van der Waals surface area contributed by atoms with Crippen LogP contribution in [0.5, 0.6) is 0 Å². The van der Waals surface area contributed by atoms with Crippen molar-refractivity contribution >= 4 is 9.58 Å². The molecule has 0 aromatic heterocycles. The summed E-state index contributed by atoms with van der Waals surface area (Å²) in [4.78, 5) is 0. The Hall–Kier alpha value is 1.28. The van der Waals surface area contributed by atoms with E-state index in [1.807, 2.05) is 0 Å². The first kappa shape index (κ1) is 229. The number of halogens is 3. The van der Waals surface area contributed by atoms with E-state index in [0.717, 1.165) is 0 Å². The molecule has 17 N–H and O–H groups in total. The summed E-state index contributed by atoms with van der Waals surface area (Å²) in [5.41, 5.74) is 0. The molecular weight excluding hydrogens is 385 g/mol. The van der Waals surface area contributed by atoms with Crippen LogP contribution in [-0.4, -0.2) is 5.48 Å². The molecule has 0 radical (unpaired) electrons. The summed E-state index contributed by atoms with van der Waals surface area (Å²) >= 11 is 1.47. The summed E-state index contributed by atoms with van der Waals surface area (Å²) in [6.45, 7) is 0. The van der Waals surface area contributed by atoms with Crippen LogP contribution in [0, 0.1) is 0 Å². The monoisotopic (exact) mass is 401 g/mol. The molecular formula is H17Cl3IrN5O. The second kappa shape index (κ2) is 541. The molecule has 0 aliphatic rings. The van der Waals surface area contributed by atoms with Crippen LogP contribution < -0.4 is 55.6 Å². The Balaban J connectivity index is -0.000000000179. The quantitative estimate of drug-likeness (QED) is 0.268. The van der Waals surface area contributed by atoms with Gasteiger partial charge >= 0.3 is 27.5 Å². The average molecular weight is 402 g/mol. The van der Waals surface area contributed by atoms with Crippen molar-refractivity contribution in [2.75, 3.05) is 0 Å². The molecule has 0 bridgehead atoms. The third kappa shape index (κ3) is 389. The fraction of sp³-hybridized carbons (Fsp3) is 0. The van der Waals surface area contributed by atoms with E-state index in [0.29, 0.717) is 0 Å². The third-order valence-electron chi connectivity index (χ3n) is 0. The fourth-order valence-corrected chi connectivity index (χ4v) is 0. The fourth-order valence-electron chi connectivity index (χ4n) is 0. The molecule has 0 unspecified atom stereocenters. The van der Waals surface area contributed by atoms with Crippen molar-refractivity contribution in [1.29, 1.82) is 0 Å². The van der Waals surface area contributed by atoms with Gasteiger partial charge in [0.1, 0.15) is 0 Å². The van der Waals surface area contributed by atoms with E-state index < -0.39 is 0 Å². The van der Waals surface area contributed by atoms with Gasteiger partial charge in [-0.2, -0.15) is 0 Å². The molecule has 6 nitrogen and oxygen atoms in total. The summed E-state index contributed by atoms with van der Waals surface area (Å²) in [6, 6.07) is 0. The molecule has 0 aliphatic carbocycles. The van der Waals surface area contributed by atoms with Crippen molar-refractivity contribution in [3.8, 4) is 0 Å². The molecule has 0 aliphatic heterocycles. The molecule has 0 amide bonds. The van der Waals surface area contributed by atoms with Crippen molar-refractivity contribution in [3.05, 3.63) is 0 Å². The van der Waals surface area contributed by atoms with Crippen LogP contribution in [0.3, 0.4) is 0 Å². The Kier molecular flexibility index (Phi) is 12400. The van der Waals surface area contributed by atoms with Crippen LogP contribution in [0.2, 0.25) is 0 Å². The summed E-state index contributed by atoms with van der Waals surface area (Å²) < 4.78 is 0. The zero-order valence-corrected chi connectivity index (χ0v) is 10.2. The molecule has 10 heavy (non-hydrogen) atoms. The minimum atomic E-state index is 0. The second-order valence-corrected chi connectivity index (χ2v) is 0. The van der Waals surface area contributed by atoms with Gasteiger partial charge in [-0.1, -0.05) is 0 Å². The zero-order chi connectivity index (χ0) is 2.00. The van der Waals surface area contributed by atoms with Crippen LogP contribution >= 0.6 is 9.58 Å². The SMILES string of the molecule is N.N.N.N.N.O.[Cl-].[Cl-].[Cl][Ir+2]. The molecule has 0 atom stereocenters. The van der Waals surface area contributed by atoms with Gasteiger partial charge in [0.15, 0.2) is 0 Å². The number of hydrogen-bond donors (Lipinski definition) is 5. The van der Waals surface area contributed by atoms with Gasteiger partial charge in [-0.3, -0.25) is 0 Å². The predicted octanol–water partition coefficient (Wildman–Crippen LogP) is -5.32. The van der Waals surface area contributed by atoms with Gasteiger partial charge in [0.2, 0.25) is 0 Å². The molecule has 0 saturated carbocycles. The topological polar surface area (TPSA) is 206 Å². The second-order valence-electron chi connectivity index (χ2n) is 0. The Labute approximate surface area is 88.4 Å². The van der Waals surface area contributed by atoms with Crippen LogP contribution in [0.1, 0.15) is 0 Å². The van der Waals surface area contributed by atoms with Gasteiger partial charge in [0.05, 0.1) is 0 Å². The minimum absolute atomic E-state index is 0. The maximum atomic E-state index is 4.64. The zero-order valence-electron chi connectivity index (χ0n) is 5.50. The molecule has 0 rings (SSSR count). The Morgan fingerprint density at radius 2 is 0.600 bits per heavy atom. The molecule has 0 spiro atoms. The van der Waals surface area contributed by atoms with Gasteiger partial charge in [0.25, 0.3) is 0 Å². The normalized spacial score (nSPS) is 0.600. The summed E-state index contributed by atoms with van der Waals surface area (Å²) in [5.74, 6) is 0. The maximum absolute atomic E-state index is 4.64. The molecule has 0 heterocycles. The van der Waals surface area contributed by atoms with Gasteiger partial charge in [-0.05, 0) is 0 Å². The van der Waals surface area contributed by atoms with Crippen molar-refractivity contribution in [1.82, 2.24) is 30.8 Å². The van der Waals surface area contributed by atoms with Crippen LogP contribution in [0.15, 0.2) is 0 Å². The van der Waals surface area contributed by atoms with E-state index in [-0.39, 0.29) is 61.0 Å². The van der Waals surface area contributed by atoms with Crippen molar-refractivity contribution in [3.63, 3.8) is 0 Å². The molecule has 78 valence electrons. The van der Waals surface area contributed by atoms with E-state index in [9.17, 15) is 0 Å². The van der Waals surface area contributed by atoms with Crippen LogP contribution in [0.4, 0.5) is 0 Å². The van der Waals surface area contributed by atoms with Gasteiger partial charge in [-0.15, -0.1) is 0 Å². The third-order valence-corrected chi connectivity index (χ3v) is 0. The van der Waals surface area contributed by atoms with Gasteiger partial charge < -0.3 is 61.0 Å².